The number of nitrogens with one attached hydrogen (secondary N) is 1. The quantitative estimate of drug-likeness (QED) is 0.917. The van der Waals surface area contributed by atoms with Gasteiger partial charge in [-0.25, -0.2) is 0 Å². The Balaban J connectivity index is 1.70. The summed E-state index contributed by atoms with van der Waals surface area (Å²) in [7, 11) is 0. The van der Waals surface area contributed by atoms with Crippen LogP contribution in [0.2, 0.25) is 0 Å². The van der Waals surface area contributed by atoms with Crippen LogP contribution in [0.4, 0.5) is 5.69 Å². The van der Waals surface area contributed by atoms with Gasteiger partial charge in [0.15, 0.2) is 0 Å². The molecule has 0 aliphatic carbocycles. The van der Waals surface area contributed by atoms with Crippen molar-refractivity contribution in [3.05, 3.63) is 42.2 Å². The number of carbonyl (C=O) groups is 1. The molecule has 0 spiro atoms. The third-order valence-corrected chi connectivity index (χ3v) is 4.55. The molecule has 1 unspecified atom stereocenters. The molecule has 2 aromatic rings. The summed E-state index contributed by atoms with van der Waals surface area (Å²) in [6.45, 7) is 1.71. The van der Waals surface area contributed by atoms with Crippen LogP contribution in [0.5, 0.6) is 0 Å². The second-order valence-corrected chi connectivity index (χ2v) is 5.82. The molecule has 5 nitrogen and oxygen atoms in total. The second-order valence-electron chi connectivity index (χ2n) is 5.82. The average molecular weight is 294 g/mol. The van der Waals surface area contributed by atoms with Crippen molar-refractivity contribution in [2.75, 3.05) is 18.0 Å². The number of carbonyl (C=O) groups excluding carboxylic acids is 1. The Kier molecular flexibility index (Phi) is 3.35. The lowest BCUT2D eigenvalue weighted by atomic mass is 9.99. The number of hydrogen-bond donors (Lipinski definition) is 1. The first kappa shape index (κ1) is 13.4. The van der Waals surface area contributed by atoms with Gasteiger partial charge in [0, 0.05) is 17.8 Å². The van der Waals surface area contributed by atoms with Gasteiger partial charge in [-0.1, -0.05) is 12.1 Å². The fourth-order valence-corrected chi connectivity index (χ4v) is 3.47. The summed E-state index contributed by atoms with van der Waals surface area (Å²) in [5, 5.41) is 11.1. The zero-order valence-electron chi connectivity index (χ0n) is 12.3. The molecule has 1 N–H and O–H groups in total. The standard InChI is InChI=1S/C17H18N4O/c22-17(15-4-2-8-18-15)21-10-7-14-13(3-1-5-16(14)21)12-6-9-19-20-11-12/h1,3,5-6,9,11,15,18H,2,4,7-8,10H2. The molecule has 1 aromatic carbocycles. The Morgan fingerprint density at radius 1 is 1.27 bits per heavy atom. The topological polar surface area (TPSA) is 58.1 Å². The highest BCUT2D eigenvalue weighted by Gasteiger charge is 2.32. The summed E-state index contributed by atoms with van der Waals surface area (Å²) < 4.78 is 0. The molecule has 5 heteroatoms. The first-order valence-corrected chi connectivity index (χ1v) is 7.78. The molecule has 0 radical (unpaired) electrons. The van der Waals surface area contributed by atoms with Gasteiger partial charge in [-0.15, -0.1) is 0 Å². The Labute approximate surface area is 129 Å². The highest BCUT2D eigenvalue weighted by atomic mass is 16.2. The van der Waals surface area contributed by atoms with Gasteiger partial charge in [0.2, 0.25) is 5.91 Å². The summed E-state index contributed by atoms with van der Waals surface area (Å²) in [5.74, 6) is 0.209. The van der Waals surface area contributed by atoms with Crippen molar-refractivity contribution in [3.8, 4) is 11.1 Å². The van der Waals surface area contributed by atoms with E-state index >= 15 is 0 Å². The summed E-state index contributed by atoms with van der Waals surface area (Å²) in [6, 6.07) is 8.11. The molecule has 0 saturated carbocycles. The highest BCUT2D eigenvalue weighted by molar-refractivity contribution is 6.00. The van der Waals surface area contributed by atoms with Crippen molar-refractivity contribution < 1.29 is 4.79 Å². The first-order chi connectivity index (χ1) is 10.8. The lowest BCUT2D eigenvalue weighted by Gasteiger charge is -2.21. The van der Waals surface area contributed by atoms with Gasteiger partial charge in [0.1, 0.15) is 0 Å². The zero-order chi connectivity index (χ0) is 14.9. The predicted octanol–water partition coefficient (Wildman–Crippen LogP) is 1.78. The molecular weight excluding hydrogens is 276 g/mol. The second kappa shape index (κ2) is 5.50. The molecule has 112 valence electrons. The molecule has 2 aliphatic rings. The van der Waals surface area contributed by atoms with Crippen molar-refractivity contribution in [2.45, 2.75) is 25.3 Å². The normalized spacial score (nSPS) is 20.2. The maximum atomic E-state index is 12.7. The van der Waals surface area contributed by atoms with E-state index in [1.54, 1.807) is 12.4 Å². The van der Waals surface area contributed by atoms with Gasteiger partial charge in [0.05, 0.1) is 18.4 Å². The number of fused-ring (bicyclic) bond motifs is 1. The van der Waals surface area contributed by atoms with Crippen molar-refractivity contribution in [3.63, 3.8) is 0 Å². The summed E-state index contributed by atoms with van der Waals surface area (Å²) in [4.78, 5) is 14.6. The van der Waals surface area contributed by atoms with E-state index in [0.717, 1.165) is 49.2 Å². The third kappa shape index (κ3) is 2.18. The van der Waals surface area contributed by atoms with E-state index in [1.807, 2.05) is 23.1 Å². The van der Waals surface area contributed by atoms with Crippen molar-refractivity contribution in [1.82, 2.24) is 15.5 Å². The van der Waals surface area contributed by atoms with Gasteiger partial charge in [-0.05, 0) is 49.1 Å². The molecule has 1 amide bonds. The molecule has 2 aliphatic heterocycles. The lowest BCUT2D eigenvalue weighted by molar-refractivity contribution is -0.120. The molecule has 1 atom stereocenters. The molecular formula is C17H18N4O. The number of hydrogen-bond acceptors (Lipinski definition) is 4. The maximum absolute atomic E-state index is 12.7. The molecule has 22 heavy (non-hydrogen) atoms. The zero-order valence-corrected chi connectivity index (χ0v) is 12.3. The monoisotopic (exact) mass is 294 g/mol. The van der Waals surface area contributed by atoms with E-state index in [-0.39, 0.29) is 11.9 Å². The minimum Gasteiger partial charge on any atom is -0.310 e. The van der Waals surface area contributed by atoms with Crippen LogP contribution in [0.3, 0.4) is 0 Å². The number of rotatable bonds is 2. The number of amides is 1. The summed E-state index contributed by atoms with van der Waals surface area (Å²) >= 11 is 0. The van der Waals surface area contributed by atoms with Crippen molar-refractivity contribution in [1.29, 1.82) is 0 Å². The fraction of sp³-hybridized carbons (Fsp3) is 0.353. The van der Waals surface area contributed by atoms with Gasteiger partial charge in [0.25, 0.3) is 0 Å². The fourth-order valence-electron chi connectivity index (χ4n) is 3.47. The first-order valence-electron chi connectivity index (χ1n) is 7.78. The van der Waals surface area contributed by atoms with Crippen LogP contribution in [-0.2, 0) is 11.2 Å². The van der Waals surface area contributed by atoms with Crippen molar-refractivity contribution >= 4 is 11.6 Å². The molecule has 0 bridgehead atoms. The molecule has 4 rings (SSSR count). The van der Waals surface area contributed by atoms with Gasteiger partial charge < -0.3 is 10.2 Å². The van der Waals surface area contributed by atoms with Crippen LogP contribution in [0.15, 0.2) is 36.7 Å². The van der Waals surface area contributed by atoms with Crippen LogP contribution in [0.1, 0.15) is 18.4 Å². The van der Waals surface area contributed by atoms with Crippen LogP contribution >= 0.6 is 0 Å². The minimum atomic E-state index is -0.0165. The molecule has 1 aromatic heterocycles. The van der Waals surface area contributed by atoms with E-state index in [2.05, 4.69) is 21.6 Å². The Morgan fingerprint density at radius 2 is 2.23 bits per heavy atom. The molecule has 3 heterocycles. The van der Waals surface area contributed by atoms with E-state index in [0.29, 0.717) is 0 Å². The van der Waals surface area contributed by atoms with Gasteiger partial charge >= 0.3 is 0 Å². The molecule has 1 saturated heterocycles. The number of benzene rings is 1. The van der Waals surface area contributed by atoms with Crippen LogP contribution in [0.25, 0.3) is 11.1 Å². The van der Waals surface area contributed by atoms with E-state index in [4.69, 9.17) is 0 Å². The van der Waals surface area contributed by atoms with Gasteiger partial charge in [-0.2, -0.15) is 10.2 Å². The summed E-state index contributed by atoms with van der Waals surface area (Å²) in [5.41, 5.74) is 4.50. The van der Waals surface area contributed by atoms with Crippen molar-refractivity contribution in [2.24, 2.45) is 0 Å². The Bertz CT molecular complexity index is 695. The summed E-state index contributed by atoms with van der Waals surface area (Å²) in [6.07, 6.45) is 6.40. The minimum absolute atomic E-state index is 0.0165. The largest absolute Gasteiger partial charge is 0.310 e. The Morgan fingerprint density at radius 3 is 3.00 bits per heavy atom. The van der Waals surface area contributed by atoms with Crippen LogP contribution in [0, 0.1) is 0 Å². The van der Waals surface area contributed by atoms with E-state index in [9.17, 15) is 4.79 Å². The Hall–Kier alpha value is -2.27. The van der Waals surface area contributed by atoms with Gasteiger partial charge in [-0.3, -0.25) is 4.79 Å². The third-order valence-electron chi connectivity index (χ3n) is 4.55. The number of anilines is 1. The smallest absolute Gasteiger partial charge is 0.244 e. The SMILES string of the molecule is O=C(C1CCCN1)N1CCc2c(-c3ccnnc3)cccc21. The lowest BCUT2D eigenvalue weighted by Crippen LogP contribution is -2.42. The number of aromatic nitrogens is 2. The van der Waals surface area contributed by atoms with Crippen LogP contribution in [-0.4, -0.2) is 35.2 Å². The highest BCUT2D eigenvalue weighted by Crippen LogP contribution is 2.36. The average Bonchev–Trinajstić information content (AvgIpc) is 3.24. The predicted molar refractivity (Wildman–Crippen MR) is 84.5 cm³/mol. The van der Waals surface area contributed by atoms with Crippen LogP contribution < -0.4 is 10.2 Å². The van der Waals surface area contributed by atoms with E-state index in [1.165, 1.54) is 5.56 Å². The molecule has 1 fully saturated rings. The maximum Gasteiger partial charge on any atom is 0.244 e. The number of nitrogens with zero attached hydrogens (tertiary/aromatic N) is 3. The van der Waals surface area contributed by atoms with E-state index < -0.39 is 0 Å².